The first kappa shape index (κ1) is 14.1. The van der Waals surface area contributed by atoms with Gasteiger partial charge in [0.2, 0.25) is 5.91 Å². The minimum absolute atomic E-state index is 0.262. The van der Waals surface area contributed by atoms with Crippen molar-refractivity contribution in [1.82, 2.24) is 4.90 Å². The van der Waals surface area contributed by atoms with Crippen LogP contribution < -0.4 is 5.73 Å². The van der Waals surface area contributed by atoms with E-state index in [1.54, 1.807) is 0 Å². The summed E-state index contributed by atoms with van der Waals surface area (Å²) in [5.74, 6) is 0.623. The van der Waals surface area contributed by atoms with E-state index in [9.17, 15) is 4.79 Å². The summed E-state index contributed by atoms with van der Waals surface area (Å²) in [6.45, 7) is 4.47. The van der Waals surface area contributed by atoms with Gasteiger partial charge in [0.05, 0.1) is 0 Å². The summed E-state index contributed by atoms with van der Waals surface area (Å²) in [5.41, 5.74) is 8.34. The first-order valence-electron chi connectivity index (χ1n) is 7.28. The molecule has 1 aromatic carbocycles. The van der Waals surface area contributed by atoms with Gasteiger partial charge >= 0.3 is 0 Å². The summed E-state index contributed by atoms with van der Waals surface area (Å²) in [4.78, 5) is 13.7. The van der Waals surface area contributed by atoms with Gasteiger partial charge in [-0.2, -0.15) is 0 Å². The first-order chi connectivity index (χ1) is 9.22. The summed E-state index contributed by atoms with van der Waals surface area (Å²) < 4.78 is 0. The number of amides is 1. The minimum atomic E-state index is 0.262. The molecule has 1 amide bonds. The van der Waals surface area contributed by atoms with Crippen LogP contribution >= 0.6 is 0 Å². The van der Waals surface area contributed by atoms with E-state index in [4.69, 9.17) is 5.73 Å². The molecule has 0 bridgehead atoms. The standard InChI is InChI=1S/C16H24N2O/c1-2-3-13-4-6-14(7-5-13)8-9-18-12-15(11-17)10-16(18)19/h4-7,15H,2-3,8-12,17H2,1H3. The van der Waals surface area contributed by atoms with Crippen molar-refractivity contribution in [1.29, 1.82) is 0 Å². The second kappa shape index (κ2) is 6.71. The molecule has 0 aromatic heterocycles. The Morgan fingerprint density at radius 1 is 1.21 bits per heavy atom. The van der Waals surface area contributed by atoms with Crippen molar-refractivity contribution in [2.24, 2.45) is 11.7 Å². The summed E-state index contributed by atoms with van der Waals surface area (Å²) in [7, 11) is 0. The maximum absolute atomic E-state index is 11.8. The van der Waals surface area contributed by atoms with Crippen molar-refractivity contribution in [3.63, 3.8) is 0 Å². The number of carbonyl (C=O) groups excluding carboxylic acids is 1. The van der Waals surface area contributed by atoms with Gasteiger partial charge in [-0.15, -0.1) is 0 Å². The van der Waals surface area contributed by atoms with Crippen molar-refractivity contribution < 1.29 is 4.79 Å². The lowest BCUT2D eigenvalue weighted by molar-refractivity contribution is -0.127. The maximum Gasteiger partial charge on any atom is 0.222 e. The second-order valence-corrected chi connectivity index (χ2v) is 5.46. The Bertz CT molecular complexity index is 413. The van der Waals surface area contributed by atoms with Crippen molar-refractivity contribution in [3.8, 4) is 0 Å². The summed E-state index contributed by atoms with van der Waals surface area (Å²) in [6.07, 6.45) is 3.90. The largest absolute Gasteiger partial charge is 0.342 e. The summed E-state index contributed by atoms with van der Waals surface area (Å²) in [5, 5.41) is 0. The molecule has 0 saturated carbocycles. The molecule has 1 saturated heterocycles. The number of nitrogens with two attached hydrogens (primary N) is 1. The number of aryl methyl sites for hydroxylation is 1. The zero-order valence-electron chi connectivity index (χ0n) is 11.8. The highest BCUT2D eigenvalue weighted by atomic mass is 16.2. The third-order valence-corrected chi connectivity index (χ3v) is 3.86. The van der Waals surface area contributed by atoms with Crippen molar-refractivity contribution in [2.75, 3.05) is 19.6 Å². The molecule has 2 rings (SSSR count). The Kier molecular flexibility index (Phi) is 4.97. The van der Waals surface area contributed by atoms with Crippen LogP contribution in [0.3, 0.4) is 0 Å². The fourth-order valence-corrected chi connectivity index (χ4v) is 2.65. The zero-order chi connectivity index (χ0) is 13.7. The number of carbonyl (C=O) groups is 1. The van der Waals surface area contributed by atoms with E-state index in [2.05, 4.69) is 31.2 Å². The molecule has 1 aliphatic heterocycles. The fraction of sp³-hybridized carbons (Fsp3) is 0.562. The van der Waals surface area contributed by atoms with E-state index in [1.807, 2.05) is 4.90 Å². The van der Waals surface area contributed by atoms with Crippen LogP contribution in [0.1, 0.15) is 30.9 Å². The highest BCUT2D eigenvalue weighted by molar-refractivity contribution is 5.78. The topological polar surface area (TPSA) is 46.3 Å². The van der Waals surface area contributed by atoms with Crippen LogP contribution in [0.25, 0.3) is 0 Å². The molecule has 2 N–H and O–H groups in total. The maximum atomic E-state index is 11.8. The van der Waals surface area contributed by atoms with Crippen molar-refractivity contribution in [2.45, 2.75) is 32.6 Å². The van der Waals surface area contributed by atoms with E-state index in [0.717, 1.165) is 25.9 Å². The number of hydrogen-bond donors (Lipinski definition) is 1. The van der Waals surface area contributed by atoms with Gasteiger partial charge in [-0.1, -0.05) is 37.6 Å². The minimum Gasteiger partial charge on any atom is -0.342 e. The van der Waals surface area contributed by atoms with Gasteiger partial charge < -0.3 is 10.6 Å². The van der Waals surface area contributed by atoms with E-state index >= 15 is 0 Å². The molecule has 1 atom stereocenters. The van der Waals surface area contributed by atoms with E-state index in [-0.39, 0.29) is 5.91 Å². The molecule has 19 heavy (non-hydrogen) atoms. The van der Waals surface area contributed by atoms with Crippen LogP contribution in [0.5, 0.6) is 0 Å². The van der Waals surface area contributed by atoms with E-state index in [1.165, 1.54) is 17.5 Å². The van der Waals surface area contributed by atoms with Gasteiger partial charge in [0.1, 0.15) is 0 Å². The smallest absolute Gasteiger partial charge is 0.222 e. The highest BCUT2D eigenvalue weighted by Gasteiger charge is 2.27. The summed E-state index contributed by atoms with van der Waals surface area (Å²) in [6, 6.07) is 8.78. The van der Waals surface area contributed by atoms with Gasteiger partial charge in [-0.3, -0.25) is 4.79 Å². The van der Waals surface area contributed by atoms with Gasteiger partial charge in [-0.25, -0.2) is 0 Å². The van der Waals surface area contributed by atoms with Gasteiger partial charge in [-0.05, 0) is 36.4 Å². The average Bonchev–Trinajstić information content (AvgIpc) is 2.79. The molecule has 0 radical (unpaired) electrons. The SMILES string of the molecule is CCCc1ccc(CCN2CC(CN)CC2=O)cc1. The van der Waals surface area contributed by atoms with Crippen LogP contribution in [0.2, 0.25) is 0 Å². The lowest BCUT2D eigenvalue weighted by Gasteiger charge is -2.16. The average molecular weight is 260 g/mol. The van der Waals surface area contributed by atoms with Crippen LogP contribution in [0, 0.1) is 5.92 Å². The van der Waals surface area contributed by atoms with Gasteiger partial charge in [0.25, 0.3) is 0 Å². The first-order valence-corrected chi connectivity index (χ1v) is 7.28. The van der Waals surface area contributed by atoms with Gasteiger partial charge in [0, 0.05) is 19.5 Å². The molecule has 1 aliphatic rings. The number of hydrogen-bond acceptors (Lipinski definition) is 2. The molecule has 1 heterocycles. The predicted molar refractivity (Wildman–Crippen MR) is 77.9 cm³/mol. The van der Waals surface area contributed by atoms with E-state index in [0.29, 0.717) is 18.9 Å². The molecule has 0 spiro atoms. The number of nitrogens with zero attached hydrogens (tertiary/aromatic N) is 1. The summed E-state index contributed by atoms with van der Waals surface area (Å²) >= 11 is 0. The predicted octanol–water partition coefficient (Wildman–Crippen LogP) is 1.99. The Morgan fingerprint density at radius 3 is 2.37 bits per heavy atom. The normalized spacial score (nSPS) is 19.2. The number of benzene rings is 1. The monoisotopic (exact) mass is 260 g/mol. The number of rotatable bonds is 6. The van der Waals surface area contributed by atoms with Crippen LogP contribution in [-0.4, -0.2) is 30.4 Å². The highest BCUT2D eigenvalue weighted by Crippen LogP contribution is 2.17. The molecule has 3 heteroatoms. The fourth-order valence-electron chi connectivity index (χ4n) is 2.65. The third kappa shape index (κ3) is 3.80. The molecule has 1 fully saturated rings. The molecular weight excluding hydrogens is 236 g/mol. The molecule has 0 aliphatic carbocycles. The Balaban J connectivity index is 1.83. The number of likely N-dealkylation sites (tertiary alicyclic amines) is 1. The Hall–Kier alpha value is -1.35. The van der Waals surface area contributed by atoms with E-state index < -0.39 is 0 Å². The second-order valence-electron chi connectivity index (χ2n) is 5.46. The third-order valence-electron chi connectivity index (χ3n) is 3.86. The lowest BCUT2D eigenvalue weighted by Crippen LogP contribution is -2.28. The zero-order valence-corrected chi connectivity index (χ0v) is 11.8. The Morgan fingerprint density at radius 2 is 1.84 bits per heavy atom. The lowest BCUT2D eigenvalue weighted by atomic mass is 10.1. The molecule has 3 nitrogen and oxygen atoms in total. The van der Waals surface area contributed by atoms with Crippen LogP contribution in [0.15, 0.2) is 24.3 Å². The molecular formula is C16H24N2O. The van der Waals surface area contributed by atoms with Gasteiger partial charge in [0.15, 0.2) is 0 Å². The Labute approximate surface area is 115 Å². The quantitative estimate of drug-likeness (QED) is 0.850. The van der Waals surface area contributed by atoms with Crippen LogP contribution in [-0.2, 0) is 17.6 Å². The van der Waals surface area contributed by atoms with Crippen molar-refractivity contribution >= 4 is 5.91 Å². The molecule has 1 unspecified atom stereocenters. The molecule has 1 aromatic rings. The van der Waals surface area contributed by atoms with Crippen LogP contribution in [0.4, 0.5) is 0 Å². The van der Waals surface area contributed by atoms with Crippen molar-refractivity contribution in [3.05, 3.63) is 35.4 Å². The molecule has 104 valence electrons.